The zero-order chi connectivity index (χ0) is 16.7. The summed E-state index contributed by atoms with van der Waals surface area (Å²) in [4.78, 5) is 37.8. The second kappa shape index (κ2) is 5.40. The summed E-state index contributed by atoms with van der Waals surface area (Å²) in [5.74, 6) is -1.15. The van der Waals surface area contributed by atoms with E-state index in [2.05, 4.69) is 20.8 Å². The zero-order valence-corrected chi connectivity index (χ0v) is 13.5. The molecule has 0 spiro atoms. The molecule has 4 amide bonds. The molecule has 1 aliphatic heterocycles. The molecule has 2 rings (SSSR count). The van der Waals surface area contributed by atoms with Crippen molar-refractivity contribution in [2.75, 3.05) is 14.1 Å². The van der Waals surface area contributed by atoms with Gasteiger partial charge in [-0.3, -0.25) is 19.4 Å². The van der Waals surface area contributed by atoms with Gasteiger partial charge in [-0.15, -0.1) is 0 Å². The molecule has 0 aromatic heterocycles. The molecular formula is C17H20N2O3. The minimum Gasteiger partial charge on any atom is -0.268 e. The van der Waals surface area contributed by atoms with Gasteiger partial charge in [-0.05, 0) is 22.6 Å². The Balaban J connectivity index is 2.37. The van der Waals surface area contributed by atoms with Crippen LogP contribution in [0.1, 0.15) is 31.9 Å². The first-order chi connectivity index (χ1) is 10.1. The number of likely N-dealkylation sites (N-methyl/N-ethyl adjacent to an activating group) is 2. The first kappa shape index (κ1) is 15.9. The predicted molar refractivity (Wildman–Crippen MR) is 84.1 cm³/mol. The van der Waals surface area contributed by atoms with E-state index in [1.54, 1.807) is 0 Å². The van der Waals surface area contributed by atoms with Crippen molar-refractivity contribution in [3.05, 3.63) is 41.0 Å². The maximum absolute atomic E-state index is 12.1. The molecule has 1 aromatic carbocycles. The van der Waals surface area contributed by atoms with Gasteiger partial charge in [0.2, 0.25) is 0 Å². The summed E-state index contributed by atoms with van der Waals surface area (Å²) in [6, 6.07) is 7.07. The number of hydrogen-bond acceptors (Lipinski definition) is 3. The van der Waals surface area contributed by atoms with Crippen molar-refractivity contribution in [1.82, 2.24) is 9.80 Å². The second-order valence-electron chi connectivity index (χ2n) is 6.44. The Hall–Kier alpha value is -2.43. The fourth-order valence-corrected chi connectivity index (χ4v) is 2.22. The predicted octanol–water partition coefficient (Wildman–Crippen LogP) is 2.42. The summed E-state index contributed by atoms with van der Waals surface area (Å²) in [5.41, 5.74) is 1.95. The third-order valence-corrected chi connectivity index (χ3v) is 3.73. The number of nitrogens with zero attached hydrogens (tertiary/aromatic N) is 2. The van der Waals surface area contributed by atoms with E-state index in [9.17, 15) is 14.4 Å². The summed E-state index contributed by atoms with van der Waals surface area (Å²) in [7, 11) is 2.73. The number of carbonyl (C=O) groups excluding carboxylic acids is 3. The molecule has 0 atom stereocenters. The molecular weight excluding hydrogens is 280 g/mol. The van der Waals surface area contributed by atoms with Crippen LogP contribution >= 0.6 is 0 Å². The lowest BCUT2D eigenvalue weighted by Gasteiger charge is -2.28. The Morgan fingerprint density at radius 2 is 1.32 bits per heavy atom. The Kier molecular flexibility index (Phi) is 3.92. The van der Waals surface area contributed by atoms with Crippen molar-refractivity contribution in [2.45, 2.75) is 26.2 Å². The minimum atomic E-state index is -0.616. The number of hydrogen-bond donors (Lipinski definition) is 0. The molecule has 0 saturated carbocycles. The monoisotopic (exact) mass is 300 g/mol. The molecule has 22 heavy (non-hydrogen) atoms. The van der Waals surface area contributed by atoms with Gasteiger partial charge in [0, 0.05) is 14.1 Å². The van der Waals surface area contributed by atoms with Gasteiger partial charge in [0.1, 0.15) is 5.57 Å². The van der Waals surface area contributed by atoms with Crippen LogP contribution in [0.25, 0.3) is 6.08 Å². The minimum absolute atomic E-state index is 0.00638. The highest BCUT2D eigenvalue weighted by molar-refractivity contribution is 6.30. The molecule has 116 valence electrons. The lowest BCUT2D eigenvalue weighted by Crippen LogP contribution is -2.52. The van der Waals surface area contributed by atoms with Gasteiger partial charge in [0.15, 0.2) is 0 Å². The average Bonchev–Trinajstić information content (AvgIpc) is 2.47. The summed E-state index contributed by atoms with van der Waals surface area (Å²) in [6.07, 6.45) is 1.52. The van der Waals surface area contributed by atoms with E-state index < -0.39 is 17.8 Å². The Labute approximate surface area is 130 Å². The SMILES string of the molecule is CN1C(=O)C(=Cc2ccc(C(C)(C)C)cc2)C(=O)N(C)C1=O. The third-order valence-electron chi connectivity index (χ3n) is 3.73. The van der Waals surface area contributed by atoms with Gasteiger partial charge >= 0.3 is 6.03 Å². The highest BCUT2D eigenvalue weighted by Crippen LogP contribution is 2.23. The van der Waals surface area contributed by atoms with Gasteiger partial charge in [0.25, 0.3) is 11.8 Å². The molecule has 0 radical (unpaired) electrons. The van der Waals surface area contributed by atoms with Crippen LogP contribution < -0.4 is 0 Å². The van der Waals surface area contributed by atoms with Crippen LogP contribution in [0.15, 0.2) is 29.8 Å². The molecule has 1 heterocycles. The largest absolute Gasteiger partial charge is 0.333 e. The number of benzene rings is 1. The number of amides is 4. The molecule has 0 unspecified atom stereocenters. The van der Waals surface area contributed by atoms with Crippen LogP contribution in [0.3, 0.4) is 0 Å². The van der Waals surface area contributed by atoms with E-state index in [0.29, 0.717) is 0 Å². The normalized spacial score (nSPS) is 16.4. The van der Waals surface area contributed by atoms with Gasteiger partial charge in [-0.1, -0.05) is 45.0 Å². The quantitative estimate of drug-likeness (QED) is 0.591. The van der Waals surface area contributed by atoms with Crippen LogP contribution in [0, 0.1) is 0 Å². The van der Waals surface area contributed by atoms with Gasteiger partial charge in [-0.2, -0.15) is 0 Å². The molecule has 5 heteroatoms. The van der Waals surface area contributed by atoms with Gasteiger partial charge in [0.05, 0.1) is 0 Å². The van der Waals surface area contributed by atoms with Gasteiger partial charge in [-0.25, -0.2) is 4.79 Å². The van der Waals surface area contributed by atoms with Crippen molar-refractivity contribution in [2.24, 2.45) is 0 Å². The van der Waals surface area contributed by atoms with Crippen molar-refractivity contribution in [3.63, 3.8) is 0 Å². The molecule has 0 bridgehead atoms. The third kappa shape index (κ3) is 2.79. The fraction of sp³-hybridized carbons (Fsp3) is 0.353. The van der Waals surface area contributed by atoms with Crippen LogP contribution in [0.4, 0.5) is 4.79 Å². The van der Waals surface area contributed by atoms with E-state index >= 15 is 0 Å². The van der Waals surface area contributed by atoms with E-state index in [1.165, 1.54) is 25.7 Å². The summed E-state index contributed by atoms with van der Waals surface area (Å²) in [5, 5.41) is 0. The highest BCUT2D eigenvalue weighted by atomic mass is 16.2. The average molecular weight is 300 g/mol. The van der Waals surface area contributed by atoms with Crippen LogP contribution in [0.2, 0.25) is 0 Å². The summed E-state index contributed by atoms with van der Waals surface area (Å²) in [6.45, 7) is 6.35. The smallest absolute Gasteiger partial charge is 0.268 e. The first-order valence-electron chi connectivity index (χ1n) is 7.05. The van der Waals surface area contributed by atoms with Crippen molar-refractivity contribution in [1.29, 1.82) is 0 Å². The number of urea groups is 1. The second-order valence-corrected chi connectivity index (χ2v) is 6.44. The Morgan fingerprint density at radius 3 is 1.73 bits per heavy atom. The van der Waals surface area contributed by atoms with Crippen molar-refractivity contribution in [3.8, 4) is 0 Å². The first-order valence-corrected chi connectivity index (χ1v) is 7.05. The van der Waals surface area contributed by atoms with E-state index in [1.807, 2.05) is 24.3 Å². The van der Waals surface area contributed by atoms with Crippen LogP contribution in [0.5, 0.6) is 0 Å². The van der Waals surface area contributed by atoms with Crippen molar-refractivity contribution < 1.29 is 14.4 Å². The molecule has 1 aromatic rings. The van der Waals surface area contributed by atoms with Crippen LogP contribution in [-0.2, 0) is 15.0 Å². The zero-order valence-electron chi connectivity index (χ0n) is 13.5. The fourth-order valence-electron chi connectivity index (χ4n) is 2.22. The molecule has 1 aliphatic rings. The molecule has 0 aliphatic carbocycles. The number of imide groups is 2. The number of rotatable bonds is 1. The standard InChI is InChI=1S/C17H20N2O3/c1-17(2,3)12-8-6-11(7-9-12)10-13-14(20)18(4)16(22)19(5)15(13)21/h6-10H,1-5H3. The van der Waals surface area contributed by atoms with Crippen LogP contribution in [-0.4, -0.2) is 41.7 Å². The Morgan fingerprint density at radius 1 is 0.864 bits per heavy atom. The lowest BCUT2D eigenvalue weighted by molar-refractivity contribution is -0.134. The van der Waals surface area contributed by atoms with E-state index in [-0.39, 0.29) is 11.0 Å². The van der Waals surface area contributed by atoms with E-state index in [4.69, 9.17) is 0 Å². The molecule has 0 N–H and O–H groups in total. The maximum Gasteiger partial charge on any atom is 0.333 e. The molecule has 1 saturated heterocycles. The van der Waals surface area contributed by atoms with Crippen molar-refractivity contribution >= 4 is 23.9 Å². The highest BCUT2D eigenvalue weighted by Gasteiger charge is 2.37. The lowest BCUT2D eigenvalue weighted by atomic mass is 9.86. The topological polar surface area (TPSA) is 57.7 Å². The maximum atomic E-state index is 12.1. The summed E-state index contributed by atoms with van der Waals surface area (Å²) < 4.78 is 0. The van der Waals surface area contributed by atoms with Gasteiger partial charge < -0.3 is 0 Å². The Bertz CT molecular complexity index is 640. The molecule has 5 nitrogen and oxygen atoms in total. The van der Waals surface area contributed by atoms with E-state index in [0.717, 1.165) is 15.4 Å². The summed E-state index contributed by atoms with van der Waals surface area (Å²) >= 11 is 0. The number of carbonyl (C=O) groups is 3. The molecule has 1 fully saturated rings. The number of barbiturate groups is 1.